The lowest BCUT2D eigenvalue weighted by Gasteiger charge is -2.29. The van der Waals surface area contributed by atoms with E-state index in [0.29, 0.717) is 0 Å². The van der Waals surface area contributed by atoms with Crippen LogP contribution in [0, 0.1) is 0 Å². The Morgan fingerprint density at radius 2 is 0.950 bits per heavy atom. The van der Waals surface area contributed by atoms with Crippen molar-refractivity contribution in [2.75, 3.05) is 60.8 Å². The molecule has 0 bridgehead atoms. The topological polar surface area (TPSA) is 160 Å². The van der Waals surface area contributed by atoms with Crippen molar-refractivity contribution in [2.45, 2.75) is 34.3 Å². The quantitative estimate of drug-likeness (QED) is 0.198. The van der Waals surface area contributed by atoms with Gasteiger partial charge in [0, 0.05) is 0 Å². The fraction of sp³-hybridized carbons (Fsp3) is 0.842. The van der Waals surface area contributed by atoms with E-state index in [1.165, 1.54) is 0 Å². The third kappa shape index (κ3) is 10.5. The minimum Gasteiger partial charge on any atom is -0.469 e. The first-order valence-electron chi connectivity index (χ1n) is 11.9. The summed E-state index contributed by atoms with van der Waals surface area (Å²) in [4.78, 5) is 1.64. The van der Waals surface area contributed by atoms with Crippen molar-refractivity contribution in [3.8, 4) is 0 Å². The molecule has 0 radical (unpaired) electrons. The lowest BCUT2D eigenvalue weighted by atomic mass is 10.2. The third-order valence-electron chi connectivity index (χ3n) is 6.24. The molecule has 21 heteroatoms. The number of hydrogen-bond donors (Lipinski definition) is 3. The van der Waals surface area contributed by atoms with Gasteiger partial charge in [0.1, 0.15) is 13.2 Å². The number of rotatable bonds is 9. The van der Waals surface area contributed by atoms with E-state index < -0.39 is 63.8 Å². The van der Waals surface area contributed by atoms with Gasteiger partial charge in [0.05, 0.1) is 81.9 Å². The zero-order chi connectivity index (χ0) is 29.9. The molecule has 12 nitrogen and oxygen atoms in total. The Hall–Kier alpha value is -0.210. The molecule has 3 rings (SSSR count). The van der Waals surface area contributed by atoms with Gasteiger partial charge in [0.2, 0.25) is 0 Å². The number of ether oxygens (including phenoxy) is 2. The monoisotopic (exact) mass is 738 g/mol. The molecule has 0 aromatic carbocycles. The Bertz CT molecular complexity index is 1230. The predicted octanol–water partition coefficient (Wildman–Crippen LogP) is -0.842. The largest absolute Gasteiger partial charge is 0.469 e. The van der Waals surface area contributed by atoms with E-state index in [1.807, 2.05) is 0 Å². The number of halogens is 3. The molecular weight excluding hydrogens is 711 g/mol. The molecule has 6 atom stereocenters. The number of thiocarbonyl (C=S) groups is 3. The van der Waals surface area contributed by atoms with E-state index in [2.05, 4.69) is 16.0 Å². The summed E-state index contributed by atoms with van der Waals surface area (Å²) < 4.78 is 82.0. The molecule has 230 valence electrons. The van der Waals surface area contributed by atoms with Gasteiger partial charge < -0.3 is 30.3 Å². The van der Waals surface area contributed by atoms with Crippen molar-refractivity contribution in [1.29, 1.82) is 0 Å². The molecule has 6 unspecified atom stereocenters. The van der Waals surface area contributed by atoms with Crippen molar-refractivity contribution >= 4 is 116 Å². The number of nitrogens with zero attached hydrogens (tertiary/aromatic N) is 1. The normalized spacial score (nSPS) is 31.7. The van der Waals surface area contributed by atoms with Crippen molar-refractivity contribution in [3.05, 3.63) is 0 Å². The molecule has 3 heterocycles. The van der Waals surface area contributed by atoms with E-state index >= 15 is 0 Å². The second-order valence-electron chi connectivity index (χ2n) is 9.60. The maximum absolute atomic E-state index is 11.9. The summed E-state index contributed by atoms with van der Waals surface area (Å²) in [6.07, 6.45) is 0. The average Bonchev–Trinajstić information content (AvgIpc) is 3.32. The minimum absolute atomic E-state index is 0.0296. The van der Waals surface area contributed by atoms with E-state index in [-0.39, 0.29) is 76.3 Å². The lowest BCUT2D eigenvalue weighted by molar-refractivity contribution is 0.215. The highest BCUT2D eigenvalue weighted by Crippen LogP contribution is 2.20. The number of nitrogens with one attached hydrogen (secondary N) is 3. The summed E-state index contributed by atoms with van der Waals surface area (Å²) >= 11 is 34.2. The van der Waals surface area contributed by atoms with Gasteiger partial charge in [-0.25, -0.2) is 25.3 Å². The fourth-order valence-electron chi connectivity index (χ4n) is 4.26. The number of hydrogen-bond acceptors (Lipinski definition) is 11. The first-order chi connectivity index (χ1) is 18.5. The molecule has 3 N–H and O–H groups in total. The van der Waals surface area contributed by atoms with Crippen LogP contribution >= 0.6 is 71.5 Å². The maximum Gasteiger partial charge on any atom is 0.256 e. The van der Waals surface area contributed by atoms with Crippen molar-refractivity contribution in [1.82, 2.24) is 20.9 Å². The van der Waals surface area contributed by atoms with Crippen LogP contribution in [-0.4, -0.2) is 141 Å². The smallest absolute Gasteiger partial charge is 0.256 e. The first-order valence-corrected chi connectivity index (χ1v) is 19.9. The Balaban J connectivity index is 1.52. The summed E-state index contributed by atoms with van der Waals surface area (Å²) in [5, 5.41) is 6.78. The number of sulfone groups is 3. The van der Waals surface area contributed by atoms with Crippen LogP contribution in [0.4, 0.5) is 0 Å². The van der Waals surface area contributed by atoms with Gasteiger partial charge in [0.15, 0.2) is 34.6 Å². The van der Waals surface area contributed by atoms with Crippen molar-refractivity contribution in [2.24, 2.45) is 0 Å². The van der Waals surface area contributed by atoms with Gasteiger partial charge in [-0.3, -0.25) is 0 Å². The molecule has 0 spiro atoms. The molecule has 40 heavy (non-hydrogen) atoms. The zero-order valence-corrected chi connectivity index (χ0v) is 28.0. The molecule has 0 aliphatic carbocycles. The molecule has 3 aliphatic heterocycles. The summed E-state index contributed by atoms with van der Waals surface area (Å²) in [7, 11) is -9.82. The van der Waals surface area contributed by atoms with Gasteiger partial charge in [-0.05, 0) is 36.7 Å². The van der Waals surface area contributed by atoms with Gasteiger partial charge in [0.25, 0.3) is 10.3 Å². The van der Waals surface area contributed by atoms with E-state index in [4.69, 9.17) is 80.9 Å². The Kier molecular flexibility index (Phi) is 12.0. The Labute approximate surface area is 265 Å². The van der Waals surface area contributed by atoms with Crippen LogP contribution < -0.4 is 16.0 Å². The SMILES string of the molecule is O=S1(=O)CC(Cl)C(NC(=S)OCCN(CCOC(=S)NC2CS(=O)(=O)CC2Cl)C(=S)NC2CS(=O)(=O)CC2Cl)C1. The van der Waals surface area contributed by atoms with Gasteiger partial charge in [-0.15, -0.1) is 34.8 Å². The zero-order valence-electron chi connectivity index (χ0n) is 20.8. The molecule has 3 fully saturated rings. The number of alkyl halides is 3. The molecule has 0 aromatic heterocycles. The third-order valence-corrected chi connectivity index (χ3v) is 14.2. The van der Waals surface area contributed by atoms with E-state index in [9.17, 15) is 25.3 Å². The molecule has 3 saturated heterocycles. The van der Waals surface area contributed by atoms with E-state index in [0.717, 1.165) is 0 Å². The van der Waals surface area contributed by atoms with Crippen molar-refractivity contribution < 1.29 is 34.7 Å². The summed E-state index contributed by atoms with van der Waals surface area (Å²) in [6.45, 7) is 0.427. The Morgan fingerprint density at radius 1 is 0.625 bits per heavy atom. The maximum atomic E-state index is 11.9. The van der Waals surface area contributed by atoms with Gasteiger partial charge in [-0.2, -0.15) is 0 Å². The molecule has 0 aromatic rings. The molecular formula is C19H29Cl3N4O8S6. The highest BCUT2D eigenvalue weighted by Gasteiger charge is 2.39. The molecule has 0 saturated carbocycles. The van der Waals surface area contributed by atoms with Crippen LogP contribution in [0.15, 0.2) is 0 Å². The molecule has 3 aliphatic rings. The first kappa shape index (κ1) is 34.3. The van der Waals surface area contributed by atoms with Crippen LogP contribution in [0.3, 0.4) is 0 Å². The molecule has 0 amide bonds. The summed E-state index contributed by atoms with van der Waals surface area (Å²) in [5.41, 5.74) is 0. The van der Waals surface area contributed by atoms with Crippen LogP contribution in [0.2, 0.25) is 0 Å². The van der Waals surface area contributed by atoms with Gasteiger partial charge >= 0.3 is 0 Å². The van der Waals surface area contributed by atoms with E-state index in [1.54, 1.807) is 4.90 Å². The van der Waals surface area contributed by atoms with Crippen molar-refractivity contribution in [3.63, 3.8) is 0 Å². The van der Waals surface area contributed by atoms with Crippen LogP contribution in [0.25, 0.3) is 0 Å². The van der Waals surface area contributed by atoms with Crippen LogP contribution in [-0.2, 0) is 39.0 Å². The minimum atomic E-state index is -3.30. The average molecular weight is 740 g/mol. The highest BCUT2D eigenvalue weighted by molar-refractivity contribution is 7.92. The second-order valence-corrected chi connectivity index (χ2v) is 18.9. The van der Waals surface area contributed by atoms with Gasteiger partial charge in [-0.1, -0.05) is 0 Å². The highest BCUT2D eigenvalue weighted by atomic mass is 35.5. The summed E-state index contributed by atoms with van der Waals surface area (Å²) in [6, 6.07) is -1.75. The predicted molar refractivity (Wildman–Crippen MR) is 167 cm³/mol. The summed E-state index contributed by atoms with van der Waals surface area (Å²) in [5.74, 6) is -0.954. The standard InChI is InChI=1S/C19H29Cl3N4O8S6/c20-11-5-38(27,28)8-14(11)23-17(35)26(1-3-33-18(36)24-15-9-39(29,30)6-12(15)21)2-4-34-19(37)25-16-10-40(31,32)7-13(16)22/h11-16H,1-10H2,(H,23,35)(H,24,36)(H,25,37). The van der Waals surface area contributed by atoms with Crippen LogP contribution in [0.5, 0.6) is 0 Å². The van der Waals surface area contributed by atoms with Crippen LogP contribution in [0.1, 0.15) is 0 Å². The fourth-order valence-corrected chi connectivity index (χ4v) is 12.7. The second kappa shape index (κ2) is 14.1. The Morgan fingerprint density at radius 3 is 1.25 bits per heavy atom. The lowest BCUT2D eigenvalue weighted by Crippen LogP contribution is -2.50.